The van der Waals surface area contributed by atoms with Crippen molar-refractivity contribution >= 4 is 17.6 Å². The first-order valence-electron chi connectivity index (χ1n) is 9.50. The number of guanidine groups is 1. The lowest BCUT2D eigenvalue weighted by Gasteiger charge is -2.18. The van der Waals surface area contributed by atoms with E-state index in [0.29, 0.717) is 12.5 Å². The van der Waals surface area contributed by atoms with Crippen LogP contribution in [-0.2, 0) is 11.3 Å². The fraction of sp³-hybridized carbons (Fsp3) is 0.600. The number of benzene rings is 1. The van der Waals surface area contributed by atoms with E-state index in [1.165, 1.54) is 24.8 Å². The Balaban J connectivity index is 1.80. The molecule has 25 heavy (non-hydrogen) atoms. The molecule has 1 aromatic rings. The van der Waals surface area contributed by atoms with Gasteiger partial charge in [0.2, 0.25) is 5.91 Å². The SMILES string of the molecule is CCCCCC(C)NC(=NC)NCc1ccc(N2CCCC2=O)cc1. The molecule has 138 valence electrons. The normalized spacial score (nSPS) is 16.2. The molecule has 2 rings (SSSR count). The molecular weight excluding hydrogens is 312 g/mol. The summed E-state index contributed by atoms with van der Waals surface area (Å²) >= 11 is 0. The van der Waals surface area contributed by atoms with Crippen molar-refractivity contribution in [1.29, 1.82) is 0 Å². The van der Waals surface area contributed by atoms with Crippen LogP contribution in [0.5, 0.6) is 0 Å². The Bertz CT molecular complexity index is 568. The molecule has 5 heteroatoms. The predicted molar refractivity (Wildman–Crippen MR) is 105 cm³/mol. The molecule has 0 bridgehead atoms. The topological polar surface area (TPSA) is 56.7 Å². The van der Waals surface area contributed by atoms with Crippen LogP contribution in [0.4, 0.5) is 5.69 Å². The fourth-order valence-corrected chi connectivity index (χ4v) is 3.10. The highest BCUT2D eigenvalue weighted by Gasteiger charge is 2.21. The third kappa shape index (κ3) is 6.07. The molecular formula is C20H32N4O. The molecule has 2 N–H and O–H groups in total. The van der Waals surface area contributed by atoms with Crippen molar-refractivity contribution in [2.75, 3.05) is 18.5 Å². The summed E-state index contributed by atoms with van der Waals surface area (Å²) in [5.41, 5.74) is 2.18. The van der Waals surface area contributed by atoms with Gasteiger partial charge in [0.25, 0.3) is 0 Å². The summed E-state index contributed by atoms with van der Waals surface area (Å²) in [5.74, 6) is 1.07. The van der Waals surface area contributed by atoms with Gasteiger partial charge in [-0.05, 0) is 37.5 Å². The van der Waals surface area contributed by atoms with E-state index in [9.17, 15) is 4.79 Å². The summed E-state index contributed by atoms with van der Waals surface area (Å²) in [6.07, 6.45) is 6.57. The van der Waals surface area contributed by atoms with Gasteiger partial charge in [-0.2, -0.15) is 0 Å². The van der Waals surface area contributed by atoms with Crippen LogP contribution in [-0.4, -0.2) is 31.5 Å². The minimum absolute atomic E-state index is 0.229. The largest absolute Gasteiger partial charge is 0.354 e. The minimum atomic E-state index is 0.229. The van der Waals surface area contributed by atoms with Crippen LogP contribution in [0.25, 0.3) is 0 Å². The lowest BCUT2D eigenvalue weighted by Crippen LogP contribution is -2.41. The standard InChI is InChI=1S/C20H32N4O/c1-4-5-6-8-16(2)23-20(21-3)22-15-17-10-12-18(13-11-17)24-14-7-9-19(24)25/h10-13,16H,4-9,14-15H2,1-3H3,(H2,21,22,23). The number of amides is 1. The summed E-state index contributed by atoms with van der Waals surface area (Å²) in [5, 5.41) is 6.81. The van der Waals surface area contributed by atoms with Crippen molar-refractivity contribution in [3.8, 4) is 0 Å². The van der Waals surface area contributed by atoms with Gasteiger partial charge in [0, 0.05) is 38.3 Å². The maximum absolute atomic E-state index is 11.8. The molecule has 1 aromatic carbocycles. The van der Waals surface area contributed by atoms with Crippen molar-refractivity contribution in [3.05, 3.63) is 29.8 Å². The van der Waals surface area contributed by atoms with E-state index in [4.69, 9.17) is 0 Å². The monoisotopic (exact) mass is 344 g/mol. The molecule has 1 aliphatic heterocycles. The highest BCUT2D eigenvalue weighted by molar-refractivity contribution is 5.95. The number of hydrogen-bond donors (Lipinski definition) is 2. The Kier molecular flexibility index (Phi) is 7.76. The number of aliphatic imine (C=N–C) groups is 1. The van der Waals surface area contributed by atoms with E-state index in [-0.39, 0.29) is 5.91 Å². The Morgan fingerprint density at radius 3 is 2.64 bits per heavy atom. The van der Waals surface area contributed by atoms with Crippen molar-refractivity contribution in [3.63, 3.8) is 0 Å². The second-order valence-electron chi connectivity index (χ2n) is 6.78. The van der Waals surface area contributed by atoms with E-state index in [1.54, 1.807) is 7.05 Å². The van der Waals surface area contributed by atoms with Gasteiger partial charge in [-0.15, -0.1) is 0 Å². The highest BCUT2D eigenvalue weighted by Crippen LogP contribution is 2.21. The number of rotatable bonds is 8. The van der Waals surface area contributed by atoms with E-state index in [2.05, 4.69) is 41.6 Å². The first kappa shape index (κ1) is 19.3. The zero-order valence-corrected chi connectivity index (χ0v) is 15.8. The number of carbonyl (C=O) groups excluding carboxylic acids is 1. The van der Waals surface area contributed by atoms with Gasteiger partial charge in [0.05, 0.1) is 0 Å². The molecule has 1 heterocycles. The van der Waals surface area contributed by atoms with Crippen LogP contribution in [0.1, 0.15) is 57.9 Å². The van der Waals surface area contributed by atoms with Crippen molar-refractivity contribution in [1.82, 2.24) is 10.6 Å². The van der Waals surface area contributed by atoms with Gasteiger partial charge in [-0.25, -0.2) is 0 Å². The molecule has 1 amide bonds. The van der Waals surface area contributed by atoms with E-state index in [1.807, 2.05) is 17.0 Å². The quantitative estimate of drug-likeness (QED) is 0.431. The number of hydrogen-bond acceptors (Lipinski definition) is 2. The van der Waals surface area contributed by atoms with Gasteiger partial charge in [0.15, 0.2) is 5.96 Å². The van der Waals surface area contributed by atoms with Crippen molar-refractivity contribution < 1.29 is 4.79 Å². The molecule has 1 saturated heterocycles. The van der Waals surface area contributed by atoms with Crippen LogP contribution >= 0.6 is 0 Å². The third-order valence-electron chi connectivity index (χ3n) is 4.63. The van der Waals surface area contributed by atoms with E-state index in [0.717, 1.165) is 37.6 Å². The second kappa shape index (κ2) is 10.1. The molecule has 1 fully saturated rings. The van der Waals surface area contributed by atoms with Crippen molar-refractivity contribution in [2.45, 2.75) is 65.0 Å². The maximum Gasteiger partial charge on any atom is 0.227 e. The number of unbranched alkanes of at least 4 members (excludes halogenated alkanes) is 2. The summed E-state index contributed by atoms with van der Waals surface area (Å²) < 4.78 is 0. The number of carbonyl (C=O) groups is 1. The van der Waals surface area contributed by atoms with Gasteiger partial charge < -0.3 is 15.5 Å². The summed E-state index contributed by atoms with van der Waals surface area (Å²) in [7, 11) is 1.80. The second-order valence-corrected chi connectivity index (χ2v) is 6.78. The first-order chi connectivity index (χ1) is 12.1. The predicted octanol–water partition coefficient (Wildman–Crippen LogP) is 3.45. The lowest BCUT2D eigenvalue weighted by atomic mass is 10.1. The van der Waals surface area contributed by atoms with Crippen LogP contribution in [0.15, 0.2) is 29.3 Å². The van der Waals surface area contributed by atoms with Gasteiger partial charge >= 0.3 is 0 Å². The average Bonchev–Trinajstić information content (AvgIpc) is 3.05. The molecule has 1 atom stereocenters. The molecule has 0 saturated carbocycles. The highest BCUT2D eigenvalue weighted by atomic mass is 16.2. The molecule has 0 radical (unpaired) electrons. The third-order valence-corrected chi connectivity index (χ3v) is 4.63. The summed E-state index contributed by atoms with van der Waals surface area (Å²) in [6.45, 7) is 5.98. The van der Waals surface area contributed by atoms with Crippen LogP contribution < -0.4 is 15.5 Å². The van der Waals surface area contributed by atoms with Gasteiger partial charge in [-0.3, -0.25) is 9.79 Å². The van der Waals surface area contributed by atoms with Crippen LogP contribution in [0.3, 0.4) is 0 Å². The number of nitrogens with one attached hydrogen (secondary N) is 2. The molecule has 0 aliphatic carbocycles. The van der Waals surface area contributed by atoms with Gasteiger partial charge in [-0.1, -0.05) is 38.3 Å². The minimum Gasteiger partial charge on any atom is -0.354 e. The Morgan fingerprint density at radius 1 is 1.28 bits per heavy atom. The van der Waals surface area contributed by atoms with Crippen LogP contribution in [0.2, 0.25) is 0 Å². The summed E-state index contributed by atoms with van der Waals surface area (Å²) in [4.78, 5) is 18.0. The number of anilines is 1. The van der Waals surface area contributed by atoms with Crippen molar-refractivity contribution in [2.24, 2.45) is 4.99 Å². The zero-order chi connectivity index (χ0) is 18.1. The molecule has 0 spiro atoms. The molecule has 1 aliphatic rings. The molecule has 1 unspecified atom stereocenters. The Labute approximate surface area is 151 Å². The van der Waals surface area contributed by atoms with Gasteiger partial charge in [0.1, 0.15) is 0 Å². The van der Waals surface area contributed by atoms with E-state index >= 15 is 0 Å². The first-order valence-corrected chi connectivity index (χ1v) is 9.50. The Morgan fingerprint density at radius 2 is 2.04 bits per heavy atom. The Hall–Kier alpha value is -2.04. The smallest absolute Gasteiger partial charge is 0.227 e. The maximum atomic E-state index is 11.8. The average molecular weight is 345 g/mol. The summed E-state index contributed by atoms with van der Waals surface area (Å²) in [6, 6.07) is 8.63. The lowest BCUT2D eigenvalue weighted by molar-refractivity contribution is -0.117. The molecule has 0 aromatic heterocycles. The fourth-order valence-electron chi connectivity index (χ4n) is 3.10. The van der Waals surface area contributed by atoms with E-state index < -0.39 is 0 Å². The molecule has 5 nitrogen and oxygen atoms in total. The number of nitrogens with zero attached hydrogens (tertiary/aromatic N) is 2. The zero-order valence-electron chi connectivity index (χ0n) is 15.8. The van der Waals surface area contributed by atoms with Crippen LogP contribution in [0, 0.1) is 0 Å².